The van der Waals surface area contributed by atoms with E-state index in [1.54, 1.807) is 11.8 Å². The van der Waals surface area contributed by atoms with Crippen molar-refractivity contribution in [3.63, 3.8) is 0 Å². The molecule has 1 saturated heterocycles. The number of carbonyl (C=O) groups is 3. The van der Waals surface area contributed by atoms with E-state index in [1.165, 1.54) is 0 Å². The van der Waals surface area contributed by atoms with Gasteiger partial charge in [-0.25, -0.2) is 0 Å². The van der Waals surface area contributed by atoms with E-state index in [-0.39, 0.29) is 23.7 Å². The molecule has 0 radical (unpaired) electrons. The molecule has 0 spiro atoms. The van der Waals surface area contributed by atoms with Gasteiger partial charge in [0, 0.05) is 24.7 Å². The maximum absolute atomic E-state index is 13.2. The number of ether oxygens (including phenoxy) is 1. The Kier molecular flexibility index (Phi) is 10.8. The van der Waals surface area contributed by atoms with Crippen LogP contribution in [0.3, 0.4) is 0 Å². The molecule has 2 atom stereocenters. The molecular formula is C28H36ClN3O4. The van der Waals surface area contributed by atoms with Crippen LogP contribution in [0.5, 0.6) is 0 Å². The van der Waals surface area contributed by atoms with Gasteiger partial charge >= 0.3 is 5.97 Å². The molecule has 2 amide bonds. The topological polar surface area (TPSA) is 87.7 Å². The first-order valence-electron chi connectivity index (χ1n) is 12.7. The molecule has 7 nitrogen and oxygen atoms in total. The Morgan fingerprint density at radius 2 is 1.89 bits per heavy atom. The smallest absolute Gasteiger partial charge is 0.307 e. The zero-order chi connectivity index (χ0) is 25.9. The quantitative estimate of drug-likeness (QED) is 0.332. The van der Waals surface area contributed by atoms with Gasteiger partial charge in [0.1, 0.15) is 6.04 Å². The number of halogens is 1. The number of rotatable bonds is 12. The lowest BCUT2D eigenvalue weighted by Crippen LogP contribution is -2.47. The minimum Gasteiger partial charge on any atom is -0.466 e. The monoisotopic (exact) mass is 513 g/mol. The third-order valence-electron chi connectivity index (χ3n) is 6.51. The van der Waals surface area contributed by atoms with Crippen molar-refractivity contribution in [1.29, 1.82) is 0 Å². The summed E-state index contributed by atoms with van der Waals surface area (Å²) in [7, 11) is 0. The summed E-state index contributed by atoms with van der Waals surface area (Å²) >= 11 is 6.23. The number of nitrogens with one attached hydrogen (secondary N) is 2. The number of benzene rings is 2. The van der Waals surface area contributed by atoms with Crippen molar-refractivity contribution < 1.29 is 19.1 Å². The van der Waals surface area contributed by atoms with Gasteiger partial charge in [-0.05, 0) is 68.5 Å². The number of esters is 1. The van der Waals surface area contributed by atoms with Crippen molar-refractivity contribution >= 4 is 29.4 Å². The van der Waals surface area contributed by atoms with Crippen molar-refractivity contribution in [2.45, 2.75) is 58.0 Å². The molecule has 1 aliphatic rings. The average molecular weight is 514 g/mol. The SMILES string of the molecule is CCOC(=O)CCNCCc1ccc(Cl)cc1CNC(=O)C1CCCN1C(=O)C(C)c1ccccc1. The van der Waals surface area contributed by atoms with Crippen LogP contribution in [0.25, 0.3) is 0 Å². The highest BCUT2D eigenvalue weighted by Crippen LogP contribution is 2.25. The first-order valence-corrected chi connectivity index (χ1v) is 13.0. The molecule has 2 aromatic rings. The molecule has 0 bridgehead atoms. The lowest BCUT2D eigenvalue weighted by molar-refractivity contribution is -0.143. The predicted octanol–water partition coefficient (Wildman–Crippen LogP) is 3.84. The second-order valence-corrected chi connectivity index (χ2v) is 9.44. The van der Waals surface area contributed by atoms with E-state index < -0.39 is 6.04 Å². The zero-order valence-electron chi connectivity index (χ0n) is 21.1. The van der Waals surface area contributed by atoms with Crippen LogP contribution in [0.1, 0.15) is 55.7 Å². The highest BCUT2D eigenvalue weighted by Gasteiger charge is 2.36. The molecule has 1 heterocycles. The Balaban J connectivity index is 1.54. The number of carbonyl (C=O) groups excluding carboxylic acids is 3. The number of likely N-dealkylation sites (tertiary alicyclic amines) is 1. The van der Waals surface area contributed by atoms with Crippen LogP contribution in [0.2, 0.25) is 5.02 Å². The first kappa shape index (κ1) is 27.7. The van der Waals surface area contributed by atoms with Crippen LogP contribution >= 0.6 is 11.6 Å². The van der Waals surface area contributed by atoms with E-state index in [0.717, 1.165) is 29.5 Å². The van der Waals surface area contributed by atoms with Crippen molar-refractivity contribution in [3.05, 3.63) is 70.2 Å². The van der Waals surface area contributed by atoms with Gasteiger partial charge in [0.2, 0.25) is 11.8 Å². The zero-order valence-corrected chi connectivity index (χ0v) is 21.9. The van der Waals surface area contributed by atoms with Gasteiger partial charge in [0.15, 0.2) is 0 Å². The summed E-state index contributed by atoms with van der Waals surface area (Å²) < 4.78 is 4.93. The van der Waals surface area contributed by atoms with Gasteiger partial charge in [0.05, 0.1) is 18.9 Å². The molecule has 0 aliphatic carbocycles. The van der Waals surface area contributed by atoms with E-state index in [1.807, 2.05) is 55.5 Å². The Hall–Kier alpha value is -2.90. The van der Waals surface area contributed by atoms with Gasteiger partial charge in [-0.1, -0.05) is 48.0 Å². The Labute approximate surface area is 218 Å². The minimum absolute atomic E-state index is 0.0174. The Bertz CT molecular complexity index is 1030. The highest BCUT2D eigenvalue weighted by molar-refractivity contribution is 6.30. The molecule has 0 saturated carbocycles. The maximum atomic E-state index is 13.2. The van der Waals surface area contributed by atoms with Crippen LogP contribution in [0.15, 0.2) is 48.5 Å². The van der Waals surface area contributed by atoms with Crippen LogP contribution in [-0.4, -0.2) is 55.0 Å². The van der Waals surface area contributed by atoms with E-state index in [4.69, 9.17) is 16.3 Å². The molecule has 36 heavy (non-hydrogen) atoms. The fourth-order valence-electron chi connectivity index (χ4n) is 4.51. The van der Waals surface area contributed by atoms with Crippen LogP contribution in [0.4, 0.5) is 0 Å². The van der Waals surface area contributed by atoms with Gasteiger partial charge in [-0.3, -0.25) is 14.4 Å². The summed E-state index contributed by atoms with van der Waals surface area (Å²) in [6, 6.07) is 14.9. The first-order chi connectivity index (χ1) is 17.4. The standard InChI is InChI=1S/C28H36ClN3O4/c1-3-36-26(33)14-16-30-15-13-22-11-12-24(29)18-23(22)19-31-27(34)25-10-7-17-32(25)28(35)20(2)21-8-5-4-6-9-21/h4-6,8-9,11-12,18,20,25,30H,3,7,10,13-17,19H2,1-2H3,(H,31,34). The number of amides is 2. The number of nitrogens with zero attached hydrogens (tertiary/aromatic N) is 1. The van der Waals surface area contributed by atoms with Crippen LogP contribution < -0.4 is 10.6 Å². The number of hydrogen-bond donors (Lipinski definition) is 2. The normalized spacial score (nSPS) is 16.0. The summed E-state index contributed by atoms with van der Waals surface area (Å²) in [5.41, 5.74) is 2.96. The molecule has 3 rings (SSSR count). The fourth-order valence-corrected chi connectivity index (χ4v) is 4.71. The second-order valence-electron chi connectivity index (χ2n) is 9.01. The van der Waals surface area contributed by atoms with Crippen molar-refractivity contribution in [2.75, 3.05) is 26.2 Å². The maximum Gasteiger partial charge on any atom is 0.307 e. The van der Waals surface area contributed by atoms with Gasteiger partial charge in [-0.15, -0.1) is 0 Å². The van der Waals surface area contributed by atoms with Gasteiger partial charge in [0.25, 0.3) is 0 Å². The molecule has 2 aromatic carbocycles. The predicted molar refractivity (Wildman–Crippen MR) is 141 cm³/mol. The third kappa shape index (κ3) is 7.80. The molecule has 194 valence electrons. The minimum atomic E-state index is -0.462. The molecule has 0 aromatic heterocycles. The largest absolute Gasteiger partial charge is 0.466 e. The summed E-state index contributed by atoms with van der Waals surface area (Å²) in [4.78, 5) is 39.5. The van der Waals surface area contributed by atoms with Crippen LogP contribution in [0, 0.1) is 0 Å². The van der Waals surface area contributed by atoms with E-state index >= 15 is 0 Å². The number of hydrogen-bond acceptors (Lipinski definition) is 5. The summed E-state index contributed by atoms with van der Waals surface area (Å²) in [6.07, 6.45) is 2.53. The molecular weight excluding hydrogens is 478 g/mol. The average Bonchev–Trinajstić information content (AvgIpc) is 3.38. The van der Waals surface area contributed by atoms with Gasteiger partial charge in [-0.2, -0.15) is 0 Å². The molecule has 8 heteroatoms. The molecule has 1 fully saturated rings. The van der Waals surface area contributed by atoms with E-state index in [2.05, 4.69) is 10.6 Å². The van der Waals surface area contributed by atoms with Crippen molar-refractivity contribution in [2.24, 2.45) is 0 Å². The van der Waals surface area contributed by atoms with Crippen molar-refractivity contribution in [1.82, 2.24) is 15.5 Å². The molecule has 1 aliphatic heterocycles. The highest BCUT2D eigenvalue weighted by atomic mass is 35.5. The van der Waals surface area contributed by atoms with Crippen molar-refractivity contribution in [3.8, 4) is 0 Å². The second kappa shape index (κ2) is 14.0. The lowest BCUT2D eigenvalue weighted by atomic mass is 9.99. The van der Waals surface area contributed by atoms with E-state index in [9.17, 15) is 14.4 Å². The molecule has 2 N–H and O–H groups in total. The molecule has 2 unspecified atom stereocenters. The fraction of sp³-hybridized carbons (Fsp3) is 0.464. The summed E-state index contributed by atoms with van der Waals surface area (Å²) in [5.74, 6) is -0.663. The Morgan fingerprint density at radius 3 is 2.64 bits per heavy atom. The Morgan fingerprint density at radius 1 is 1.11 bits per heavy atom. The summed E-state index contributed by atoms with van der Waals surface area (Å²) in [5, 5.41) is 6.89. The summed E-state index contributed by atoms with van der Waals surface area (Å²) in [6.45, 7) is 6.23. The van der Waals surface area contributed by atoms with Crippen LogP contribution in [-0.2, 0) is 32.1 Å². The third-order valence-corrected chi connectivity index (χ3v) is 6.75. The van der Waals surface area contributed by atoms with E-state index in [0.29, 0.717) is 50.7 Å². The van der Waals surface area contributed by atoms with Gasteiger partial charge < -0.3 is 20.3 Å². The lowest BCUT2D eigenvalue weighted by Gasteiger charge is -2.27.